The molecule has 0 N–H and O–H groups in total. The van der Waals surface area contributed by atoms with E-state index in [2.05, 4.69) is 4.98 Å². The smallest absolute Gasteiger partial charge is 0.374 e. The van der Waals surface area contributed by atoms with Gasteiger partial charge in [-0.25, -0.2) is 9.78 Å². The quantitative estimate of drug-likeness (QED) is 0.542. The van der Waals surface area contributed by atoms with Crippen molar-refractivity contribution >= 4 is 40.9 Å². The molecule has 1 heterocycles. The van der Waals surface area contributed by atoms with Gasteiger partial charge in [0.05, 0.1) is 0 Å². The zero-order valence-electron chi connectivity index (χ0n) is 10.8. The molecule has 1 aromatic rings. The highest BCUT2D eigenvalue weighted by Gasteiger charge is 2.21. The van der Waals surface area contributed by atoms with Crippen LogP contribution in [-0.2, 0) is 16.2 Å². The van der Waals surface area contributed by atoms with Crippen molar-refractivity contribution in [2.45, 2.75) is 20.6 Å². The first kappa shape index (κ1) is 16.6. The van der Waals surface area contributed by atoms with Crippen LogP contribution in [0.1, 0.15) is 24.5 Å². The number of hydrogen-bond donors (Lipinski definition) is 0. The van der Waals surface area contributed by atoms with Crippen LogP contribution in [0.5, 0.6) is 0 Å². The fourth-order valence-electron chi connectivity index (χ4n) is 1.26. The maximum absolute atomic E-state index is 11.9. The van der Waals surface area contributed by atoms with E-state index in [1.807, 2.05) is 13.8 Å². The molecule has 1 rings (SSSR count). The molecule has 1 aromatic heterocycles. The average Bonchev–Trinajstić information content (AvgIpc) is 2.68. The minimum atomic E-state index is -0.551. The Balaban J connectivity index is 2.69. The van der Waals surface area contributed by atoms with Crippen molar-refractivity contribution in [2.24, 2.45) is 0 Å². The Labute approximate surface area is 126 Å². The van der Waals surface area contributed by atoms with E-state index in [0.29, 0.717) is 13.2 Å². The van der Waals surface area contributed by atoms with E-state index in [9.17, 15) is 4.79 Å². The maximum atomic E-state index is 11.9. The fourth-order valence-corrected chi connectivity index (χ4v) is 2.11. The first-order valence-electron chi connectivity index (χ1n) is 5.85. The standard InChI is InChI=1S/C11H16Cl2N2O3S/c1-3-17-7-15-9(13)8(12)14-10(15)11(16)18-5-6-19-4-2/h3-7H2,1-2H3. The van der Waals surface area contributed by atoms with Crippen molar-refractivity contribution in [1.29, 1.82) is 0 Å². The number of imidazole rings is 1. The largest absolute Gasteiger partial charge is 0.459 e. The van der Waals surface area contributed by atoms with Gasteiger partial charge in [-0.2, -0.15) is 11.8 Å². The molecule has 0 bridgehead atoms. The molecule has 0 aliphatic heterocycles. The molecule has 0 saturated heterocycles. The van der Waals surface area contributed by atoms with Crippen LogP contribution in [0, 0.1) is 0 Å². The predicted molar refractivity (Wildman–Crippen MR) is 77.2 cm³/mol. The highest BCUT2D eigenvalue weighted by Crippen LogP contribution is 2.23. The van der Waals surface area contributed by atoms with Gasteiger partial charge in [0.2, 0.25) is 5.82 Å². The molecule has 0 saturated carbocycles. The predicted octanol–water partition coefficient (Wildman–Crippen LogP) is 3.09. The molecule has 0 aliphatic rings. The Kier molecular flexibility index (Phi) is 7.60. The van der Waals surface area contributed by atoms with Gasteiger partial charge in [-0.15, -0.1) is 0 Å². The minimum Gasteiger partial charge on any atom is -0.459 e. The normalized spacial score (nSPS) is 10.7. The van der Waals surface area contributed by atoms with E-state index in [0.717, 1.165) is 11.5 Å². The SMILES string of the molecule is CCOCn1c(C(=O)OCCSCC)nc(Cl)c1Cl. The third-order valence-corrected chi connectivity index (χ3v) is 3.75. The molecule has 0 atom stereocenters. The van der Waals surface area contributed by atoms with Crippen LogP contribution in [0.3, 0.4) is 0 Å². The summed E-state index contributed by atoms with van der Waals surface area (Å²) in [6.07, 6.45) is 0. The van der Waals surface area contributed by atoms with Gasteiger partial charge >= 0.3 is 5.97 Å². The van der Waals surface area contributed by atoms with Crippen molar-refractivity contribution < 1.29 is 14.3 Å². The van der Waals surface area contributed by atoms with Crippen LogP contribution in [0.15, 0.2) is 0 Å². The summed E-state index contributed by atoms with van der Waals surface area (Å²) >= 11 is 13.5. The van der Waals surface area contributed by atoms with Crippen LogP contribution < -0.4 is 0 Å². The highest BCUT2D eigenvalue weighted by molar-refractivity contribution is 7.99. The van der Waals surface area contributed by atoms with Crippen LogP contribution in [0.4, 0.5) is 0 Å². The Bertz CT molecular complexity index is 426. The number of aromatic nitrogens is 2. The summed E-state index contributed by atoms with van der Waals surface area (Å²) in [4.78, 5) is 15.8. The van der Waals surface area contributed by atoms with Gasteiger partial charge in [0.25, 0.3) is 0 Å². The van der Waals surface area contributed by atoms with Crippen molar-refractivity contribution in [3.8, 4) is 0 Å². The van der Waals surface area contributed by atoms with Crippen molar-refractivity contribution in [3.63, 3.8) is 0 Å². The second-order valence-corrected chi connectivity index (χ2v) is 5.51. The lowest BCUT2D eigenvalue weighted by Gasteiger charge is -2.08. The van der Waals surface area contributed by atoms with Gasteiger partial charge in [0.1, 0.15) is 18.5 Å². The number of halogens is 2. The molecule has 0 aromatic carbocycles. The number of carbonyl (C=O) groups excluding carboxylic acids is 1. The number of thioether (sulfide) groups is 1. The van der Waals surface area contributed by atoms with E-state index in [-0.39, 0.29) is 22.9 Å². The van der Waals surface area contributed by atoms with Crippen LogP contribution >= 0.6 is 35.0 Å². The number of ether oxygens (including phenoxy) is 2. The lowest BCUT2D eigenvalue weighted by molar-refractivity contribution is 0.0468. The number of esters is 1. The first-order valence-corrected chi connectivity index (χ1v) is 7.77. The minimum absolute atomic E-state index is 0.0601. The molecule has 0 amide bonds. The molecular formula is C11H16Cl2N2O3S. The lowest BCUT2D eigenvalue weighted by Crippen LogP contribution is -2.16. The fraction of sp³-hybridized carbons (Fsp3) is 0.636. The van der Waals surface area contributed by atoms with Crippen LogP contribution in [0.2, 0.25) is 10.3 Å². The van der Waals surface area contributed by atoms with Crippen LogP contribution in [-0.4, -0.2) is 40.2 Å². The maximum Gasteiger partial charge on any atom is 0.374 e. The van der Waals surface area contributed by atoms with Gasteiger partial charge in [0, 0.05) is 12.4 Å². The zero-order valence-corrected chi connectivity index (χ0v) is 13.1. The highest BCUT2D eigenvalue weighted by atomic mass is 35.5. The summed E-state index contributed by atoms with van der Waals surface area (Å²) in [7, 11) is 0. The third-order valence-electron chi connectivity index (χ3n) is 2.14. The lowest BCUT2D eigenvalue weighted by atomic mass is 10.6. The van der Waals surface area contributed by atoms with Gasteiger partial charge in [-0.3, -0.25) is 4.57 Å². The summed E-state index contributed by atoms with van der Waals surface area (Å²) < 4.78 is 11.7. The van der Waals surface area contributed by atoms with Crippen molar-refractivity contribution in [1.82, 2.24) is 9.55 Å². The van der Waals surface area contributed by atoms with Gasteiger partial charge in [0.15, 0.2) is 5.15 Å². The molecular weight excluding hydrogens is 311 g/mol. The number of nitrogens with zero attached hydrogens (tertiary/aromatic N) is 2. The Morgan fingerprint density at radius 1 is 1.42 bits per heavy atom. The second-order valence-electron chi connectivity index (χ2n) is 3.40. The second kappa shape index (κ2) is 8.68. The summed E-state index contributed by atoms with van der Waals surface area (Å²) in [5.74, 6) is 1.24. The molecule has 5 nitrogen and oxygen atoms in total. The summed E-state index contributed by atoms with van der Waals surface area (Å²) in [6.45, 7) is 4.82. The summed E-state index contributed by atoms with van der Waals surface area (Å²) in [6, 6.07) is 0. The number of hydrogen-bond acceptors (Lipinski definition) is 5. The summed E-state index contributed by atoms with van der Waals surface area (Å²) in [5, 5.41) is 0.237. The molecule has 0 fully saturated rings. The Morgan fingerprint density at radius 2 is 2.16 bits per heavy atom. The third kappa shape index (κ3) is 4.87. The van der Waals surface area contributed by atoms with E-state index < -0.39 is 5.97 Å². The molecule has 108 valence electrons. The first-order chi connectivity index (χ1) is 9.11. The summed E-state index contributed by atoms with van der Waals surface area (Å²) in [5.41, 5.74) is 0. The number of rotatable bonds is 8. The average molecular weight is 327 g/mol. The monoisotopic (exact) mass is 326 g/mol. The van der Waals surface area contributed by atoms with E-state index in [1.54, 1.807) is 11.8 Å². The van der Waals surface area contributed by atoms with Gasteiger partial charge in [-0.05, 0) is 12.7 Å². The molecule has 8 heteroatoms. The number of carbonyl (C=O) groups is 1. The van der Waals surface area contributed by atoms with Crippen molar-refractivity contribution in [2.75, 3.05) is 24.7 Å². The van der Waals surface area contributed by atoms with Gasteiger partial charge in [-0.1, -0.05) is 30.1 Å². The topological polar surface area (TPSA) is 53.4 Å². The van der Waals surface area contributed by atoms with Gasteiger partial charge < -0.3 is 9.47 Å². The van der Waals surface area contributed by atoms with Crippen LogP contribution in [0.25, 0.3) is 0 Å². The Hall–Kier alpha value is -0.430. The molecule has 0 radical (unpaired) electrons. The van der Waals surface area contributed by atoms with Crippen molar-refractivity contribution in [3.05, 3.63) is 16.1 Å². The molecule has 0 unspecified atom stereocenters. The molecule has 19 heavy (non-hydrogen) atoms. The molecule has 0 spiro atoms. The van der Waals surface area contributed by atoms with E-state index >= 15 is 0 Å². The molecule has 0 aliphatic carbocycles. The van der Waals surface area contributed by atoms with E-state index in [1.165, 1.54) is 4.57 Å². The van der Waals surface area contributed by atoms with E-state index in [4.69, 9.17) is 32.7 Å². The Morgan fingerprint density at radius 3 is 2.79 bits per heavy atom. The zero-order chi connectivity index (χ0) is 14.3.